The molecule has 3 aliphatic carbocycles. The largest absolute Gasteiger partial charge is 0.366 e. The van der Waals surface area contributed by atoms with E-state index in [-0.39, 0.29) is 0 Å². The highest BCUT2D eigenvalue weighted by molar-refractivity contribution is 5.90. The predicted molar refractivity (Wildman–Crippen MR) is 80.6 cm³/mol. The van der Waals surface area contributed by atoms with E-state index in [1.807, 2.05) is 0 Å². The topological polar surface area (TPSA) is 53.6 Å². The van der Waals surface area contributed by atoms with Crippen LogP contribution < -0.4 is 5.32 Å². The van der Waals surface area contributed by atoms with Gasteiger partial charge in [0.1, 0.15) is 17.8 Å². The first-order valence-corrected chi connectivity index (χ1v) is 7.61. The number of rotatable bonds is 3. The second kappa shape index (κ2) is 4.62. The molecule has 3 unspecified atom stereocenters. The van der Waals surface area contributed by atoms with Crippen LogP contribution in [0.25, 0.3) is 11.0 Å². The van der Waals surface area contributed by atoms with E-state index in [0.29, 0.717) is 12.0 Å². The average Bonchev–Trinajstić information content (AvgIpc) is 2.93. The van der Waals surface area contributed by atoms with Crippen LogP contribution in [-0.4, -0.2) is 21.0 Å². The van der Waals surface area contributed by atoms with Crippen molar-refractivity contribution >= 4 is 16.9 Å². The zero-order valence-corrected chi connectivity index (χ0v) is 11.8. The normalized spacial score (nSPS) is 28.1. The summed E-state index contributed by atoms with van der Waals surface area (Å²) in [6, 6.07) is 0.524. The van der Waals surface area contributed by atoms with Crippen molar-refractivity contribution in [1.29, 1.82) is 0 Å². The molecule has 0 aromatic carbocycles. The van der Waals surface area contributed by atoms with Crippen LogP contribution in [0.2, 0.25) is 0 Å². The lowest BCUT2D eigenvalue weighted by Crippen LogP contribution is -2.37. The Labute approximate surface area is 118 Å². The number of aromatic nitrogens is 3. The molecular formula is C16H20N4. The zero-order chi connectivity index (χ0) is 13.5. The molecule has 2 bridgehead atoms. The number of aryl methyl sites for hydroxylation is 1. The molecule has 0 saturated heterocycles. The summed E-state index contributed by atoms with van der Waals surface area (Å²) in [5, 5.41) is 4.86. The van der Waals surface area contributed by atoms with Gasteiger partial charge >= 0.3 is 0 Å². The zero-order valence-electron chi connectivity index (χ0n) is 11.8. The molecule has 104 valence electrons. The molecule has 0 aliphatic heterocycles. The highest BCUT2D eigenvalue weighted by Gasteiger charge is 2.32. The molecule has 0 spiro atoms. The van der Waals surface area contributed by atoms with E-state index < -0.39 is 0 Å². The highest BCUT2D eigenvalue weighted by Crippen LogP contribution is 2.38. The van der Waals surface area contributed by atoms with Gasteiger partial charge in [-0.1, -0.05) is 19.1 Å². The molecular weight excluding hydrogens is 248 g/mol. The SMILES string of the molecule is CCc1c[nH]c2ncnc(NC3CC4C=CC3CC4)c12. The second-order valence-corrected chi connectivity index (χ2v) is 5.99. The fourth-order valence-electron chi connectivity index (χ4n) is 3.69. The molecule has 3 aliphatic rings. The van der Waals surface area contributed by atoms with E-state index in [1.54, 1.807) is 6.33 Å². The van der Waals surface area contributed by atoms with Crippen LogP contribution >= 0.6 is 0 Å². The van der Waals surface area contributed by atoms with Crippen molar-refractivity contribution in [2.24, 2.45) is 11.8 Å². The Hall–Kier alpha value is -1.84. The molecule has 4 heteroatoms. The fraction of sp³-hybridized carbons (Fsp3) is 0.500. The third-order valence-corrected chi connectivity index (χ3v) is 4.83. The van der Waals surface area contributed by atoms with Gasteiger partial charge in [-0.3, -0.25) is 0 Å². The van der Waals surface area contributed by atoms with Gasteiger partial charge in [-0.25, -0.2) is 9.97 Å². The lowest BCUT2D eigenvalue weighted by molar-refractivity contribution is 0.300. The maximum atomic E-state index is 4.50. The number of nitrogens with one attached hydrogen (secondary N) is 2. The Morgan fingerprint density at radius 2 is 2.25 bits per heavy atom. The third kappa shape index (κ3) is 1.82. The van der Waals surface area contributed by atoms with Crippen LogP contribution in [0.4, 0.5) is 5.82 Å². The van der Waals surface area contributed by atoms with Gasteiger partial charge in [-0.15, -0.1) is 0 Å². The minimum atomic E-state index is 0.524. The van der Waals surface area contributed by atoms with Gasteiger partial charge in [0.05, 0.1) is 5.39 Å². The molecule has 2 heterocycles. The maximum absolute atomic E-state index is 4.50. The summed E-state index contributed by atoms with van der Waals surface area (Å²) in [4.78, 5) is 12.1. The number of anilines is 1. The first kappa shape index (κ1) is 11.9. The molecule has 2 aromatic rings. The molecule has 1 saturated carbocycles. The van der Waals surface area contributed by atoms with Crippen molar-refractivity contribution in [3.8, 4) is 0 Å². The van der Waals surface area contributed by atoms with Gasteiger partial charge in [-0.05, 0) is 43.1 Å². The van der Waals surface area contributed by atoms with Crippen molar-refractivity contribution in [2.45, 2.75) is 38.6 Å². The fourth-order valence-corrected chi connectivity index (χ4v) is 3.69. The van der Waals surface area contributed by atoms with Crippen molar-refractivity contribution in [2.75, 3.05) is 5.32 Å². The van der Waals surface area contributed by atoms with Crippen molar-refractivity contribution < 1.29 is 0 Å². The van der Waals surface area contributed by atoms with E-state index in [1.165, 1.54) is 30.2 Å². The summed E-state index contributed by atoms with van der Waals surface area (Å²) >= 11 is 0. The first-order valence-electron chi connectivity index (χ1n) is 7.61. The lowest BCUT2D eigenvalue weighted by Gasteiger charge is -2.38. The molecule has 1 fully saturated rings. The van der Waals surface area contributed by atoms with E-state index in [4.69, 9.17) is 0 Å². The summed E-state index contributed by atoms with van der Waals surface area (Å²) in [7, 11) is 0. The number of aromatic amines is 1. The molecule has 2 aromatic heterocycles. The maximum Gasteiger partial charge on any atom is 0.143 e. The Morgan fingerprint density at radius 1 is 1.30 bits per heavy atom. The molecule has 5 rings (SSSR count). The molecule has 2 N–H and O–H groups in total. The summed E-state index contributed by atoms with van der Waals surface area (Å²) in [6.07, 6.45) is 13.4. The van der Waals surface area contributed by atoms with Gasteiger partial charge in [0.2, 0.25) is 0 Å². The number of allylic oxidation sites excluding steroid dienone is 1. The summed E-state index contributed by atoms with van der Waals surface area (Å²) in [6.45, 7) is 2.17. The van der Waals surface area contributed by atoms with E-state index >= 15 is 0 Å². The van der Waals surface area contributed by atoms with Gasteiger partial charge in [0.15, 0.2) is 0 Å². The second-order valence-electron chi connectivity index (χ2n) is 5.99. The van der Waals surface area contributed by atoms with E-state index in [0.717, 1.165) is 23.8 Å². The summed E-state index contributed by atoms with van der Waals surface area (Å²) in [5.41, 5.74) is 2.23. The Bertz CT molecular complexity index is 658. The van der Waals surface area contributed by atoms with Crippen molar-refractivity contribution in [1.82, 2.24) is 15.0 Å². The number of fused-ring (bicyclic) bond motifs is 3. The smallest absolute Gasteiger partial charge is 0.143 e. The van der Waals surface area contributed by atoms with Crippen molar-refractivity contribution in [3.63, 3.8) is 0 Å². The molecule has 20 heavy (non-hydrogen) atoms. The summed E-state index contributed by atoms with van der Waals surface area (Å²) in [5.74, 6) is 2.42. The molecule has 4 nitrogen and oxygen atoms in total. The number of H-pyrrole nitrogens is 1. The van der Waals surface area contributed by atoms with Crippen LogP contribution in [0.3, 0.4) is 0 Å². The minimum Gasteiger partial charge on any atom is -0.366 e. The van der Waals surface area contributed by atoms with Crippen LogP contribution in [-0.2, 0) is 6.42 Å². The quantitative estimate of drug-likeness (QED) is 0.840. The van der Waals surface area contributed by atoms with Gasteiger partial charge < -0.3 is 10.3 Å². The van der Waals surface area contributed by atoms with Crippen LogP contribution in [0.15, 0.2) is 24.7 Å². The average molecular weight is 268 g/mol. The van der Waals surface area contributed by atoms with Crippen LogP contribution in [0.1, 0.15) is 31.7 Å². The number of hydrogen-bond acceptors (Lipinski definition) is 3. The van der Waals surface area contributed by atoms with E-state index in [2.05, 4.69) is 45.5 Å². The molecule has 3 atom stereocenters. The van der Waals surface area contributed by atoms with Crippen LogP contribution in [0.5, 0.6) is 0 Å². The minimum absolute atomic E-state index is 0.524. The lowest BCUT2D eigenvalue weighted by atomic mass is 9.73. The Balaban J connectivity index is 1.69. The monoisotopic (exact) mass is 268 g/mol. The number of hydrogen-bond donors (Lipinski definition) is 2. The standard InChI is InChI=1S/C16H20N4/c1-2-11-8-17-15-14(11)16(19-9-18-15)20-13-7-10-3-5-12(13)6-4-10/h3,5,8-10,12-13H,2,4,6-7H2,1H3,(H2,17,18,19,20). The summed E-state index contributed by atoms with van der Waals surface area (Å²) < 4.78 is 0. The third-order valence-electron chi connectivity index (χ3n) is 4.83. The highest BCUT2D eigenvalue weighted by atomic mass is 15.1. The predicted octanol–water partition coefficient (Wildman–Crippen LogP) is 3.29. The molecule has 0 amide bonds. The van der Waals surface area contributed by atoms with Gasteiger partial charge in [-0.2, -0.15) is 0 Å². The molecule has 0 radical (unpaired) electrons. The number of nitrogens with zero attached hydrogens (tertiary/aromatic N) is 2. The van der Waals surface area contributed by atoms with Gasteiger partial charge in [0, 0.05) is 12.2 Å². The Morgan fingerprint density at radius 3 is 2.95 bits per heavy atom. The van der Waals surface area contributed by atoms with Crippen LogP contribution in [0, 0.1) is 11.8 Å². The van der Waals surface area contributed by atoms with Gasteiger partial charge in [0.25, 0.3) is 0 Å². The Kier molecular flexibility index (Phi) is 2.76. The van der Waals surface area contributed by atoms with E-state index in [9.17, 15) is 0 Å². The first-order chi connectivity index (χ1) is 9.85. The van der Waals surface area contributed by atoms with Crippen molar-refractivity contribution in [3.05, 3.63) is 30.2 Å².